The van der Waals surface area contributed by atoms with E-state index in [4.69, 9.17) is 5.73 Å². The molecule has 0 aliphatic carbocycles. The van der Waals surface area contributed by atoms with Crippen LogP contribution in [0, 0.1) is 0 Å². The van der Waals surface area contributed by atoms with Gasteiger partial charge in [0, 0.05) is 31.4 Å². The molecular formula is C14H24N4O. The molecule has 5 nitrogen and oxygen atoms in total. The van der Waals surface area contributed by atoms with Crippen molar-refractivity contribution >= 4 is 5.91 Å². The van der Waals surface area contributed by atoms with Crippen molar-refractivity contribution in [3.63, 3.8) is 0 Å². The maximum Gasteiger partial charge on any atom is 0.244 e. The van der Waals surface area contributed by atoms with E-state index >= 15 is 0 Å². The topological polar surface area (TPSA) is 64.2 Å². The second-order valence-electron chi connectivity index (χ2n) is 5.39. The number of hydrogen-bond donors (Lipinski definition) is 1. The lowest BCUT2D eigenvalue weighted by Crippen LogP contribution is -2.47. The number of nitrogens with zero attached hydrogens (tertiary/aromatic N) is 3. The minimum absolute atomic E-state index is 0.0474. The number of amides is 1. The first-order chi connectivity index (χ1) is 9.13. The van der Waals surface area contributed by atoms with Crippen LogP contribution in [-0.2, 0) is 11.8 Å². The molecule has 1 amide bonds. The molecule has 2 atom stereocenters. The minimum atomic E-state index is -0.578. The highest BCUT2D eigenvalue weighted by molar-refractivity contribution is 5.83. The summed E-state index contributed by atoms with van der Waals surface area (Å²) >= 11 is 0. The summed E-state index contributed by atoms with van der Waals surface area (Å²) in [5.41, 5.74) is 6.90. The molecule has 1 aliphatic rings. The molecule has 1 aromatic rings. The van der Waals surface area contributed by atoms with Gasteiger partial charge in [-0.15, -0.1) is 0 Å². The van der Waals surface area contributed by atoms with Gasteiger partial charge in [-0.2, -0.15) is 5.10 Å². The fourth-order valence-corrected chi connectivity index (χ4v) is 2.85. The number of rotatable bonds is 4. The smallest absolute Gasteiger partial charge is 0.244 e. The van der Waals surface area contributed by atoms with Crippen molar-refractivity contribution in [2.24, 2.45) is 12.8 Å². The van der Waals surface area contributed by atoms with E-state index in [0.29, 0.717) is 6.04 Å². The van der Waals surface area contributed by atoms with Crippen LogP contribution in [0.25, 0.3) is 0 Å². The van der Waals surface area contributed by atoms with Crippen molar-refractivity contribution in [1.82, 2.24) is 14.7 Å². The Bertz CT molecular complexity index is 427. The maximum absolute atomic E-state index is 12.6. The normalized spacial score (nSPS) is 21.4. The maximum atomic E-state index is 12.6. The predicted molar refractivity (Wildman–Crippen MR) is 74.4 cm³/mol. The molecule has 0 bridgehead atoms. The molecule has 1 aliphatic heterocycles. The lowest BCUT2D eigenvalue weighted by molar-refractivity contribution is -0.136. The standard InChI is InChI=1S/C14H24N4O/c1-3-6-12-7-4-5-8-18(12)14(19)13(15)11-9-16-17(2)10-11/h9-10,12-13H,3-8,15H2,1-2H3. The summed E-state index contributed by atoms with van der Waals surface area (Å²) in [5, 5.41) is 4.09. The molecule has 19 heavy (non-hydrogen) atoms. The zero-order chi connectivity index (χ0) is 13.8. The van der Waals surface area contributed by atoms with Gasteiger partial charge in [-0.05, 0) is 25.7 Å². The van der Waals surface area contributed by atoms with Crippen molar-refractivity contribution in [3.8, 4) is 0 Å². The zero-order valence-electron chi connectivity index (χ0n) is 11.9. The van der Waals surface area contributed by atoms with Gasteiger partial charge in [0.05, 0.1) is 6.20 Å². The molecule has 2 rings (SSSR count). The lowest BCUT2D eigenvalue weighted by Gasteiger charge is -2.37. The van der Waals surface area contributed by atoms with E-state index < -0.39 is 6.04 Å². The van der Waals surface area contributed by atoms with Gasteiger partial charge >= 0.3 is 0 Å². The molecule has 1 aromatic heterocycles. The van der Waals surface area contributed by atoms with E-state index in [1.54, 1.807) is 10.9 Å². The Labute approximate surface area is 114 Å². The van der Waals surface area contributed by atoms with Crippen molar-refractivity contribution < 1.29 is 4.79 Å². The van der Waals surface area contributed by atoms with Gasteiger partial charge in [-0.3, -0.25) is 9.48 Å². The second kappa shape index (κ2) is 6.19. The quantitative estimate of drug-likeness (QED) is 0.898. The van der Waals surface area contributed by atoms with E-state index in [0.717, 1.165) is 37.8 Å². The van der Waals surface area contributed by atoms with Crippen molar-refractivity contribution in [2.45, 2.75) is 51.1 Å². The second-order valence-corrected chi connectivity index (χ2v) is 5.39. The Morgan fingerprint density at radius 3 is 3.00 bits per heavy atom. The third-order valence-electron chi connectivity index (χ3n) is 3.88. The third-order valence-corrected chi connectivity index (χ3v) is 3.88. The number of carbonyl (C=O) groups excluding carboxylic acids is 1. The first kappa shape index (κ1) is 14.1. The summed E-state index contributed by atoms with van der Waals surface area (Å²) < 4.78 is 1.68. The van der Waals surface area contributed by atoms with Gasteiger partial charge in [0.15, 0.2) is 0 Å². The molecule has 0 spiro atoms. The Balaban J connectivity index is 2.08. The molecule has 106 valence electrons. The van der Waals surface area contributed by atoms with Gasteiger partial charge < -0.3 is 10.6 Å². The highest BCUT2D eigenvalue weighted by Crippen LogP contribution is 2.24. The molecular weight excluding hydrogens is 240 g/mol. The van der Waals surface area contributed by atoms with Crippen LogP contribution in [0.5, 0.6) is 0 Å². The number of nitrogens with two attached hydrogens (primary N) is 1. The first-order valence-corrected chi connectivity index (χ1v) is 7.18. The number of aromatic nitrogens is 2. The van der Waals surface area contributed by atoms with Crippen LogP contribution in [0.1, 0.15) is 50.6 Å². The van der Waals surface area contributed by atoms with Gasteiger partial charge in [-0.25, -0.2) is 0 Å². The number of likely N-dealkylation sites (tertiary alicyclic amines) is 1. The summed E-state index contributed by atoms with van der Waals surface area (Å²) in [4.78, 5) is 14.5. The zero-order valence-corrected chi connectivity index (χ0v) is 11.9. The van der Waals surface area contributed by atoms with Crippen molar-refractivity contribution in [1.29, 1.82) is 0 Å². The molecule has 5 heteroatoms. The predicted octanol–water partition coefficient (Wildman–Crippen LogP) is 1.60. The third kappa shape index (κ3) is 3.15. The van der Waals surface area contributed by atoms with Crippen LogP contribution >= 0.6 is 0 Å². The van der Waals surface area contributed by atoms with Gasteiger partial charge in [0.2, 0.25) is 5.91 Å². The summed E-state index contributed by atoms with van der Waals surface area (Å²) in [6.07, 6.45) is 9.10. The molecule has 0 radical (unpaired) electrons. The lowest BCUT2D eigenvalue weighted by atomic mass is 9.96. The fraction of sp³-hybridized carbons (Fsp3) is 0.714. The van der Waals surface area contributed by atoms with Crippen LogP contribution in [0.4, 0.5) is 0 Å². The van der Waals surface area contributed by atoms with E-state index in [2.05, 4.69) is 12.0 Å². The van der Waals surface area contributed by atoms with Crippen LogP contribution in [0.3, 0.4) is 0 Å². The molecule has 1 fully saturated rings. The summed E-state index contributed by atoms with van der Waals surface area (Å²) in [7, 11) is 1.83. The Morgan fingerprint density at radius 1 is 1.58 bits per heavy atom. The van der Waals surface area contributed by atoms with Gasteiger partial charge in [0.1, 0.15) is 6.04 Å². The highest BCUT2D eigenvalue weighted by atomic mass is 16.2. The number of hydrogen-bond acceptors (Lipinski definition) is 3. The molecule has 0 aromatic carbocycles. The Kier molecular flexibility index (Phi) is 4.58. The summed E-state index contributed by atoms with van der Waals surface area (Å²) in [6, 6.07) is -0.208. The molecule has 2 unspecified atom stereocenters. The number of carbonyl (C=O) groups is 1. The van der Waals surface area contributed by atoms with E-state index in [1.807, 2.05) is 18.1 Å². The van der Waals surface area contributed by atoms with Crippen LogP contribution in [-0.4, -0.2) is 33.2 Å². The molecule has 1 saturated heterocycles. The molecule has 2 heterocycles. The fourth-order valence-electron chi connectivity index (χ4n) is 2.85. The average Bonchev–Trinajstić information content (AvgIpc) is 2.85. The molecule has 2 N–H and O–H groups in total. The van der Waals surface area contributed by atoms with E-state index in [1.165, 1.54) is 6.42 Å². The number of piperidine rings is 1. The average molecular weight is 264 g/mol. The minimum Gasteiger partial charge on any atom is -0.338 e. The van der Waals surface area contributed by atoms with Crippen molar-refractivity contribution in [3.05, 3.63) is 18.0 Å². The van der Waals surface area contributed by atoms with Crippen LogP contribution in [0.2, 0.25) is 0 Å². The highest BCUT2D eigenvalue weighted by Gasteiger charge is 2.30. The molecule has 0 saturated carbocycles. The largest absolute Gasteiger partial charge is 0.338 e. The summed E-state index contributed by atoms with van der Waals surface area (Å²) in [5.74, 6) is 0.0474. The monoisotopic (exact) mass is 264 g/mol. The van der Waals surface area contributed by atoms with Crippen LogP contribution in [0.15, 0.2) is 12.4 Å². The van der Waals surface area contributed by atoms with Gasteiger partial charge in [0.25, 0.3) is 0 Å². The summed E-state index contributed by atoms with van der Waals surface area (Å²) in [6.45, 7) is 3.01. The Hall–Kier alpha value is -1.36. The van der Waals surface area contributed by atoms with Crippen molar-refractivity contribution in [2.75, 3.05) is 6.54 Å². The van der Waals surface area contributed by atoms with E-state index in [-0.39, 0.29) is 5.91 Å². The van der Waals surface area contributed by atoms with E-state index in [9.17, 15) is 4.79 Å². The van der Waals surface area contributed by atoms with Gasteiger partial charge in [-0.1, -0.05) is 13.3 Å². The first-order valence-electron chi connectivity index (χ1n) is 7.18. The Morgan fingerprint density at radius 2 is 2.37 bits per heavy atom. The number of aryl methyl sites for hydroxylation is 1. The van der Waals surface area contributed by atoms with Crippen LogP contribution < -0.4 is 5.73 Å². The SMILES string of the molecule is CCCC1CCCCN1C(=O)C(N)c1cnn(C)c1.